The maximum absolute atomic E-state index is 13.0. The van der Waals surface area contributed by atoms with Crippen molar-refractivity contribution in [2.75, 3.05) is 7.11 Å². The molecule has 4 heteroatoms. The number of rotatable bonds is 7. The lowest BCUT2D eigenvalue weighted by atomic mass is 10.1. The number of thiophene rings is 1. The molecule has 0 saturated carbocycles. The average molecular weight is 365 g/mol. The Morgan fingerprint density at radius 1 is 0.962 bits per heavy atom. The second-order valence-corrected chi connectivity index (χ2v) is 7.29. The normalized spacial score (nSPS) is 10.5. The molecule has 0 aliphatic heterocycles. The van der Waals surface area contributed by atoms with Crippen molar-refractivity contribution in [3.05, 3.63) is 87.6 Å². The Balaban J connectivity index is 1.76. The van der Waals surface area contributed by atoms with Gasteiger partial charge in [0.1, 0.15) is 5.75 Å². The lowest BCUT2D eigenvalue weighted by Crippen LogP contribution is -2.31. The first-order valence-corrected chi connectivity index (χ1v) is 9.51. The van der Waals surface area contributed by atoms with Gasteiger partial charge in [-0.05, 0) is 47.2 Å². The fraction of sp³-hybridized carbons (Fsp3) is 0.227. The van der Waals surface area contributed by atoms with Crippen LogP contribution in [0.1, 0.15) is 21.6 Å². The Labute approximate surface area is 158 Å². The van der Waals surface area contributed by atoms with Crippen molar-refractivity contribution < 1.29 is 9.53 Å². The molecule has 1 amide bonds. The highest BCUT2D eigenvalue weighted by Crippen LogP contribution is 2.20. The molecule has 2 aromatic carbocycles. The van der Waals surface area contributed by atoms with E-state index in [-0.39, 0.29) is 5.91 Å². The predicted octanol–water partition coefficient (Wildman–Crippen LogP) is 4.84. The molecule has 1 heterocycles. The zero-order chi connectivity index (χ0) is 18.4. The van der Waals surface area contributed by atoms with Crippen molar-refractivity contribution in [3.63, 3.8) is 0 Å². The largest absolute Gasteiger partial charge is 0.497 e. The SMILES string of the molecule is COc1ccc(CC(=O)N(Cc2ccccc2)Cc2sccc2C)cc1. The summed E-state index contributed by atoms with van der Waals surface area (Å²) in [7, 11) is 1.64. The third-order valence-corrected chi connectivity index (χ3v) is 5.39. The van der Waals surface area contributed by atoms with Crippen molar-refractivity contribution in [2.24, 2.45) is 0 Å². The van der Waals surface area contributed by atoms with Gasteiger partial charge in [0.25, 0.3) is 0 Å². The Hall–Kier alpha value is -2.59. The van der Waals surface area contributed by atoms with Crippen LogP contribution in [0.2, 0.25) is 0 Å². The maximum Gasteiger partial charge on any atom is 0.227 e. The summed E-state index contributed by atoms with van der Waals surface area (Å²) in [4.78, 5) is 16.2. The summed E-state index contributed by atoms with van der Waals surface area (Å²) in [6.07, 6.45) is 0.390. The minimum Gasteiger partial charge on any atom is -0.497 e. The third kappa shape index (κ3) is 4.73. The predicted molar refractivity (Wildman–Crippen MR) is 106 cm³/mol. The van der Waals surface area contributed by atoms with Gasteiger partial charge in [0.15, 0.2) is 0 Å². The van der Waals surface area contributed by atoms with E-state index in [2.05, 4.69) is 30.5 Å². The molecular formula is C22H23NO2S. The number of ether oxygens (including phenoxy) is 1. The first-order valence-electron chi connectivity index (χ1n) is 8.63. The van der Waals surface area contributed by atoms with Gasteiger partial charge in [0, 0.05) is 11.4 Å². The molecule has 26 heavy (non-hydrogen) atoms. The fourth-order valence-corrected chi connectivity index (χ4v) is 3.73. The van der Waals surface area contributed by atoms with Gasteiger partial charge in [-0.2, -0.15) is 0 Å². The number of carbonyl (C=O) groups is 1. The van der Waals surface area contributed by atoms with Crippen molar-refractivity contribution in [1.82, 2.24) is 4.90 Å². The van der Waals surface area contributed by atoms with E-state index in [1.165, 1.54) is 10.4 Å². The monoisotopic (exact) mass is 365 g/mol. The molecule has 0 bridgehead atoms. The molecule has 3 rings (SSSR count). The van der Waals surface area contributed by atoms with Gasteiger partial charge in [0.2, 0.25) is 5.91 Å². The molecular weight excluding hydrogens is 342 g/mol. The van der Waals surface area contributed by atoms with E-state index in [1.807, 2.05) is 47.4 Å². The number of hydrogen-bond acceptors (Lipinski definition) is 3. The summed E-state index contributed by atoms with van der Waals surface area (Å²) in [5.74, 6) is 0.934. The van der Waals surface area contributed by atoms with Crippen LogP contribution in [0, 0.1) is 6.92 Å². The minimum absolute atomic E-state index is 0.131. The van der Waals surface area contributed by atoms with Crippen molar-refractivity contribution in [2.45, 2.75) is 26.4 Å². The second kappa shape index (κ2) is 8.68. The molecule has 0 saturated heterocycles. The number of carbonyl (C=O) groups excluding carboxylic acids is 1. The van der Waals surface area contributed by atoms with Gasteiger partial charge in [-0.25, -0.2) is 0 Å². The average Bonchev–Trinajstić information content (AvgIpc) is 3.07. The van der Waals surface area contributed by atoms with Crippen LogP contribution < -0.4 is 4.74 Å². The van der Waals surface area contributed by atoms with Crippen molar-refractivity contribution >= 4 is 17.2 Å². The molecule has 3 aromatic rings. The number of hydrogen-bond donors (Lipinski definition) is 0. The molecule has 0 fully saturated rings. The molecule has 1 aromatic heterocycles. The zero-order valence-corrected chi connectivity index (χ0v) is 16.0. The smallest absolute Gasteiger partial charge is 0.227 e. The summed E-state index contributed by atoms with van der Waals surface area (Å²) in [5, 5.41) is 2.08. The Morgan fingerprint density at radius 2 is 1.69 bits per heavy atom. The Bertz CT molecular complexity index is 840. The van der Waals surface area contributed by atoms with E-state index in [4.69, 9.17) is 4.74 Å². The topological polar surface area (TPSA) is 29.5 Å². The van der Waals surface area contributed by atoms with E-state index in [0.717, 1.165) is 16.9 Å². The van der Waals surface area contributed by atoms with E-state index < -0.39 is 0 Å². The lowest BCUT2D eigenvalue weighted by Gasteiger charge is -2.23. The number of nitrogens with zero attached hydrogens (tertiary/aromatic N) is 1. The molecule has 134 valence electrons. The molecule has 0 aliphatic carbocycles. The van der Waals surface area contributed by atoms with Crippen LogP contribution in [-0.2, 0) is 24.3 Å². The molecule has 0 aliphatic rings. The van der Waals surface area contributed by atoms with Gasteiger partial charge in [0.05, 0.1) is 20.1 Å². The van der Waals surface area contributed by atoms with E-state index >= 15 is 0 Å². The van der Waals surface area contributed by atoms with Crippen LogP contribution in [0.5, 0.6) is 5.75 Å². The third-order valence-electron chi connectivity index (χ3n) is 4.39. The Morgan fingerprint density at radius 3 is 2.31 bits per heavy atom. The minimum atomic E-state index is 0.131. The first-order chi connectivity index (χ1) is 12.7. The molecule has 0 unspecified atom stereocenters. The van der Waals surface area contributed by atoms with Crippen LogP contribution >= 0.6 is 11.3 Å². The summed E-state index contributed by atoms with van der Waals surface area (Å²) in [5.41, 5.74) is 3.38. The number of methoxy groups -OCH3 is 1. The summed E-state index contributed by atoms with van der Waals surface area (Å²) in [6, 6.07) is 20.0. The van der Waals surface area contributed by atoms with Gasteiger partial charge in [-0.1, -0.05) is 42.5 Å². The van der Waals surface area contributed by atoms with Crippen LogP contribution in [0.3, 0.4) is 0 Å². The van der Waals surface area contributed by atoms with Crippen LogP contribution in [0.15, 0.2) is 66.0 Å². The number of aryl methyl sites for hydroxylation is 1. The van der Waals surface area contributed by atoms with Gasteiger partial charge < -0.3 is 9.64 Å². The molecule has 0 atom stereocenters. The zero-order valence-electron chi connectivity index (χ0n) is 15.1. The van der Waals surface area contributed by atoms with Gasteiger partial charge in [-0.3, -0.25) is 4.79 Å². The lowest BCUT2D eigenvalue weighted by molar-refractivity contribution is -0.131. The maximum atomic E-state index is 13.0. The molecule has 3 nitrogen and oxygen atoms in total. The number of amides is 1. The van der Waals surface area contributed by atoms with Crippen LogP contribution in [0.4, 0.5) is 0 Å². The highest BCUT2D eigenvalue weighted by Gasteiger charge is 2.17. The van der Waals surface area contributed by atoms with E-state index in [9.17, 15) is 4.79 Å². The Kier molecular flexibility index (Phi) is 6.08. The highest BCUT2D eigenvalue weighted by atomic mass is 32.1. The van der Waals surface area contributed by atoms with Crippen LogP contribution in [-0.4, -0.2) is 17.9 Å². The van der Waals surface area contributed by atoms with E-state index in [0.29, 0.717) is 19.5 Å². The molecule has 0 N–H and O–H groups in total. The van der Waals surface area contributed by atoms with Crippen molar-refractivity contribution in [1.29, 1.82) is 0 Å². The quantitative estimate of drug-likeness (QED) is 0.600. The summed E-state index contributed by atoms with van der Waals surface area (Å²) in [6.45, 7) is 3.36. The molecule has 0 spiro atoms. The summed E-state index contributed by atoms with van der Waals surface area (Å²) >= 11 is 1.71. The number of benzene rings is 2. The van der Waals surface area contributed by atoms with Crippen LogP contribution in [0.25, 0.3) is 0 Å². The highest BCUT2D eigenvalue weighted by molar-refractivity contribution is 7.10. The second-order valence-electron chi connectivity index (χ2n) is 6.29. The first kappa shape index (κ1) is 18.2. The van der Waals surface area contributed by atoms with E-state index in [1.54, 1.807) is 18.4 Å². The van der Waals surface area contributed by atoms with Gasteiger partial charge in [-0.15, -0.1) is 11.3 Å². The standard InChI is InChI=1S/C22H23NO2S/c1-17-12-13-26-21(17)16-23(15-19-6-4-3-5-7-19)22(24)14-18-8-10-20(25-2)11-9-18/h3-13H,14-16H2,1-2H3. The van der Waals surface area contributed by atoms with Crippen molar-refractivity contribution in [3.8, 4) is 5.75 Å². The fourth-order valence-electron chi connectivity index (χ4n) is 2.81. The summed E-state index contributed by atoms with van der Waals surface area (Å²) < 4.78 is 5.19. The van der Waals surface area contributed by atoms with Gasteiger partial charge >= 0.3 is 0 Å². The molecule has 0 radical (unpaired) electrons.